The van der Waals surface area contributed by atoms with Crippen LogP contribution in [-0.4, -0.2) is 103 Å². The van der Waals surface area contributed by atoms with E-state index < -0.39 is 0 Å². The van der Waals surface area contributed by atoms with Crippen LogP contribution in [0.2, 0.25) is 0 Å². The standard InChI is InChI=1S/C23H40N4O3/c1-3-24-12-14-25(15-13-24)16-17-27-18-23(30-22(27)29)8-10-26(11-9-23)21(28)20-6-4-19(2)5-7-20/h19-20H,3-18H2,1-2H3. The summed E-state index contributed by atoms with van der Waals surface area (Å²) in [7, 11) is 0. The van der Waals surface area contributed by atoms with Crippen molar-refractivity contribution < 1.29 is 14.3 Å². The SMILES string of the molecule is CCN1CCN(CCN2CC3(CCN(C(=O)C4CCC(C)CC4)CC3)OC2=O)CC1. The minimum absolute atomic E-state index is 0.164. The summed E-state index contributed by atoms with van der Waals surface area (Å²) in [6.07, 6.45) is 5.82. The molecule has 0 aromatic heterocycles. The van der Waals surface area contributed by atoms with E-state index in [2.05, 4.69) is 23.6 Å². The molecule has 4 fully saturated rings. The van der Waals surface area contributed by atoms with Crippen molar-refractivity contribution in [3.63, 3.8) is 0 Å². The molecule has 0 radical (unpaired) electrons. The molecule has 0 aromatic rings. The average Bonchev–Trinajstić information content (AvgIpc) is 3.08. The first-order valence-corrected chi connectivity index (χ1v) is 12.2. The molecule has 1 spiro atoms. The molecule has 0 N–H and O–H groups in total. The molecule has 170 valence electrons. The fourth-order valence-corrected chi connectivity index (χ4v) is 5.62. The molecule has 3 saturated heterocycles. The molecule has 0 aromatic carbocycles. The predicted molar refractivity (Wildman–Crippen MR) is 116 cm³/mol. The van der Waals surface area contributed by atoms with Crippen LogP contribution in [0.5, 0.6) is 0 Å². The highest BCUT2D eigenvalue weighted by Crippen LogP contribution is 2.35. The summed E-state index contributed by atoms with van der Waals surface area (Å²) in [6.45, 7) is 13.8. The molecule has 0 unspecified atom stereocenters. The van der Waals surface area contributed by atoms with Crippen molar-refractivity contribution in [1.82, 2.24) is 19.6 Å². The molecule has 4 rings (SSSR count). The minimum Gasteiger partial charge on any atom is -0.441 e. The van der Waals surface area contributed by atoms with E-state index in [0.717, 1.165) is 90.5 Å². The first-order chi connectivity index (χ1) is 14.5. The predicted octanol–water partition coefficient (Wildman–Crippen LogP) is 2.26. The number of piperazine rings is 1. The van der Waals surface area contributed by atoms with Gasteiger partial charge in [0.05, 0.1) is 6.54 Å². The number of carbonyl (C=O) groups is 2. The molecule has 4 aliphatic rings. The normalized spacial score (nSPS) is 30.7. The topological polar surface area (TPSA) is 56.3 Å². The molecule has 30 heavy (non-hydrogen) atoms. The Balaban J connectivity index is 1.22. The van der Waals surface area contributed by atoms with Gasteiger partial charge in [-0.05, 0) is 38.1 Å². The lowest BCUT2D eigenvalue weighted by atomic mass is 9.81. The van der Waals surface area contributed by atoms with Crippen molar-refractivity contribution in [3.8, 4) is 0 Å². The largest absolute Gasteiger partial charge is 0.441 e. The highest BCUT2D eigenvalue weighted by atomic mass is 16.6. The number of hydrogen-bond donors (Lipinski definition) is 0. The number of nitrogens with zero attached hydrogens (tertiary/aromatic N) is 4. The van der Waals surface area contributed by atoms with Crippen LogP contribution >= 0.6 is 0 Å². The van der Waals surface area contributed by atoms with Gasteiger partial charge in [-0.25, -0.2) is 4.79 Å². The summed E-state index contributed by atoms with van der Waals surface area (Å²) in [5.41, 5.74) is -0.379. The summed E-state index contributed by atoms with van der Waals surface area (Å²) >= 11 is 0. The summed E-state index contributed by atoms with van der Waals surface area (Å²) in [4.78, 5) is 34.3. The van der Waals surface area contributed by atoms with E-state index >= 15 is 0 Å². The van der Waals surface area contributed by atoms with Crippen molar-refractivity contribution in [2.75, 3.05) is 65.4 Å². The highest BCUT2D eigenvalue weighted by molar-refractivity contribution is 5.79. The molecule has 1 aliphatic carbocycles. The van der Waals surface area contributed by atoms with Gasteiger partial charge in [-0.1, -0.05) is 13.8 Å². The van der Waals surface area contributed by atoms with E-state index in [0.29, 0.717) is 12.5 Å². The second-order valence-corrected chi connectivity index (χ2v) is 10.0. The molecule has 3 heterocycles. The van der Waals surface area contributed by atoms with Crippen molar-refractivity contribution in [3.05, 3.63) is 0 Å². The molecule has 3 aliphatic heterocycles. The van der Waals surface area contributed by atoms with Gasteiger partial charge < -0.3 is 19.4 Å². The number of hydrogen-bond acceptors (Lipinski definition) is 5. The van der Waals surface area contributed by atoms with Crippen LogP contribution in [0.3, 0.4) is 0 Å². The maximum absolute atomic E-state index is 12.9. The molecule has 1 saturated carbocycles. The Hall–Kier alpha value is -1.34. The monoisotopic (exact) mass is 420 g/mol. The van der Waals surface area contributed by atoms with Crippen molar-refractivity contribution in [2.45, 2.75) is 58.0 Å². The Bertz CT molecular complexity index is 604. The van der Waals surface area contributed by atoms with Gasteiger partial charge in [-0.2, -0.15) is 0 Å². The lowest BCUT2D eigenvalue weighted by molar-refractivity contribution is -0.140. The Morgan fingerprint density at radius 2 is 1.60 bits per heavy atom. The van der Waals surface area contributed by atoms with Crippen LogP contribution in [0, 0.1) is 11.8 Å². The number of likely N-dealkylation sites (tertiary alicyclic amines) is 1. The molecular formula is C23H40N4O3. The molecule has 7 heteroatoms. The van der Waals surface area contributed by atoms with E-state index in [-0.39, 0.29) is 17.6 Å². The number of carbonyl (C=O) groups excluding carboxylic acids is 2. The van der Waals surface area contributed by atoms with E-state index in [9.17, 15) is 9.59 Å². The number of likely N-dealkylation sites (N-methyl/N-ethyl adjacent to an activating group) is 1. The lowest BCUT2D eigenvalue weighted by Gasteiger charge is -2.39. The van der Waals surface area contributed by atoms with Gasteiger partial charge in [0.2, 0.25) is 5.91 Å². The van der Waals surface area contributed by atoms with Gasteiger partial charge in [-0.3, -0.25) is 9.69 Å². The first kappa shape index (κ1) is 21.9. The van der Waals surface area contributed by atoms with Crippen molar-refractivity contribution >= 4 is 12.0 Å². The Labute approximate surface area is 181 Å². The van der Waals surface area contributed by atoms with E-state index in [1.807, 2.05) is 9.80 Å². The zero-order chi connectivity index (χ0) is 21.1. The molecule has 0 atom stereocenters. The number of ether oxygens (including phenoxy) is 1. The molecule has 7 nitrogen and oxygen atoms in total. The first-order valence-electron chi connectivity index (χ1n) is 12.2. The van der Waals surface area contributed by atoms with Gasteiger partial charge >= 0.3 is 6.09 Å². The van der Waals surface area contributed by atoms with Crippen molar-refractivity contribution in [1.29, 1.82) is 0 Å². The van der Waals surface area contributed by atoms with Crippen LogP contribution in [0.4, 0.5) is 4.79 Å². The zero-order valence-electron chi connectivity index (χ0n) is 19.0. The quantitative estimate of drug-likeness (QED) is 0.683. The van der Waals surface area contributed by atoms with Crippen LogP contribution < -0.4 is 0 Å². The van der Waals surface area contributed by atoms with Crippen LogP contribution in [0.15, 0.2) is 0 Å². The summed E-state index contributed by atoms with van der Waals surface area (Å²) < 4.78 is 5.89. The summed E-state index contributed by atoms with van der Waals surface area (Å²) in [5.74, 6) is 1.31. The number of rotatable bonds is 5. The lowest BCUT2D eigenvalue weighted by Crippen LogP contribution is -2.51. The van der Waals surface area contributed by atoms with E-state index in [4.69, 9.17) is 4.74 Å². The highest BCUT2D eigenvalue weighted by Gasteiger charge is 2.47. The maximum atomic E-state index is 12.9. The van der Waals surface area contributed by atoms with Gasteiger partial charge in [0.25, 0.3) is 0 Å². The third kappa shape index (κ3) is 4.93. The van der Waals surface area contributed by atoms with Crippen LogP contribution in [0.25, 0.3) is 0 Å². The summed E-state index contributed by atoms with van der Waals surface area (Å²) in [6, 6.07) is 0. The minimum atomic E-state index is -0.379. The fraction of sp³-hybridized carbons (Fsp3) is 0.913. The van der Waals surface area contributed by atoms with E-state index in [1.54, 1.807) is 0 Å². The Morgan fingerprint density at radius 1 is 0.967 bits per heavy atom. The molecule has 2 amide bonds. The smallest absolute Gasteiger partial charge is 0.410 e. The van der Waals surface area contributed by atoms with Gasteiger partial charge in [0, 0.05) is 71.1 Å². The van der Waals surface area contributed by atoms with Gasteiger partial charge in [-0.15, -0.1) is 0 Å². The van der Waals surface area contributed by atoms with Gasteiger partial charge in [0.1, 0.15) is 5.60 Å². The zero-order valence-corrected chi connectivity index (χ0v) is 19.0. The molecule has 0 bridgehead atoms. The average molecular weight is 421 g/mol. The molecular weight excluding hydrogens is 380 g/mol. The number of amides is 2. The Kier molecular flexibility index (Phi) is 6.88. The maximum Gasteiger partial charge on any atom is 0.410 e. The Morgan fingerprint density at radius 3 is 2.23 bits per heavy atom. The van der Waals surface area contributed by atoms with Crippen LogP contribution in [-0.2, 0) is 9.53 Å². The second-order valence-electron chi connectivity index (χ2n) is 10.0. The number of piperidine rings is 1. The fourth-order valence-electron chi connectivity index (χ4n) is 5.62. The third-order valence-corrected chi connectivity index (χ3v) is 7.99. The second kappa shape index (κ2) is 9.43. The van der Waals surface area contributed by atoms with E-state index in [1.165, 1.54) is 12.8 Å². The van der Waals surface area contributed by atoms with Gasteiger partial charge in [0.15, 0.2) is 0 Å². The summed E-state index contributed by atoms with van der Waals surface area (Å²) in [5, 5.41) is 0. The third-order valence-electron chi connectivity index (χ3n) is 7.99. The van der Waals surface area contributed by atoms with Crippen LogP contribution in [0.1, 0.15) is 52.4 Å². The van der Waals surface area contributed by atoms with Crippen molar-refractivity contribution in [2.24, 2.45) is 11.8 Å².